The van der Waals surface area contributed by atoms with Crippen LogP contribution in [0.5, 0.6) is 0 Å². The van der Waals surface area contributed by atoms with Gasteiger partial charge in [-0.1, -0.05) is 42.5 Å². The van der Waals surface area contributed by atoms with Gasteiger partial charge in [-0.3, -0.25) is 14.6 Å². The molecule has 2 saturated heterocycles. The van der Waals surface area contributed by atoms with E-state index in [4.69, 9.17) is 4.74 Å². The fraction of sp³-hybridized carbons (Fsp3) is 0.370. The number of hydrogen-bond acceptors (Lipinski definition) is 4. The second kappa shape index (κ2) is 9.32. The number of ether oxygens (including phenoxy) is 1. The van der Waals surface area contributed by atoms with E-state index in [1.54, 1.807) is 6.20 Å². The van der Waals surface area contributed by atoms with Crippen LogP contribution < -0.4 is 0 Å². The number of carbonyl (C=O) groups is 2. The molecule has 0 bridgehead atoms. The van der Waals surface area contributed by atoms with Crippen molar-refractivity contribution in [3.05, 3.63) is 78.0 Å². The molecule has 0 aliphatic carbocycles. The summed E-state index contributed by atoms with van der Waals surface area (Å²) in [5, 5.41) is 0.885. The van der Waals surface area contributed by atoms with Crippen LogP contribution in [0.1, 0.15) is 35.2 Å². The van der Waals surface area contributed by atoms with Crippen LogP contribution in [0, 0.1) is 0 Å². The maximum atomic E-state index is 13.4. The summed E-state index contributed by atoms with van der Waals surface area (Å²) in [6, 6.07) is 19.8. The summed E-state index contributed by atoms with van der Waals surface area (Å²) in [7, 11) is 0. The zero-order chi connectivity index (χ0) is 22.7. The summed E-state index contributed by atoms with van der Waals surface area (Å²) in [4.78, 5) is 34.2. The van der Waals surface area contributed by atoms with E-state index in [1.165, 1.54) is 5.56 Å². The molecule has 2 aliphatic heterocycles. The monoisotopic (exact) mass is 443 g/mol. The second-order valence-corrected chi connectivity index (χ2v) is 9.04. The molecule has 2 aliphatic rings. The number of morpholine rings is 1. The first-order chi connectivity index (χ1) is 16.1. The lowest BCUT2D eigenvalue weighted by Crippen LogP contribution is -2.55. The predicted molar refractivity (Wildman–Crippen MR) is 127 cm³/mol. The fourth-order valence-electron chi connectivity index (χ4n) is 5.03. The molecule has 6 heteroatoms. The molecule has 2 aromatic carbocycles. The largest absolute Gasteiger partial charge is 0.363 e. The average molecular weight is 444 g/mol. The maximum absolute atomic E-state index is 13.4. The third-order valence-electron chi connectivity index (χ3n) is 6.91. The van der Waals surface area contributed by atoms with Crippen LogP contribution in [-0.2, 0) is 16.0 Å². The van der Waals surface area contributed by atoms with Gasteiger partial charge in [-0.2, -0.15) is 0 Å². The number of amides is 2. The molecule has 1 unspecified atom stereocenters. The summed E-state index contributed by atoms with van der Waals surface area (Å²) in [5.74, 6) is 0.0930. The van der Waals surface area contributed by atoms with Gasteiger partial charge in [0, 0.05) is 43.3 Å². The van der Waals surface area contributed by atoms with Crippen molar-refractivity contribution < 1.29 is 14.3 Å². The van der Waals surface area contributed by atoms with Gasteiger partial charge in [0.25, 0.3) is 5.91 Å². The van der Waals surface area contributed by atoms with Crippen molar-refractivity contribution in [1.82, 2.24) is 14.8 Å². The highest BCUT2D eigenvalue weighted by Gasteiger charge is 2.41. The van der Waals surface area contributed by atoms with Crippen molar-refractivity contribution in [2.45, 2.75) is 31.3 Å². The van der Waals surface area contributed by atoms with Crippen molar-refractivity contribution in [3.63, 3.8) is 0 Å². The van der Waals surface area contributed by atoms with Crippen LogP contribution in [0.15, 0.2) is 66.9 Å². The first kappa shape index (κ1) is 21.6. The van der Waals surface area contributed by atoms with Crippen molar-refractivity contribution >= 4 is 22.7 Å². The van der Waals surface area contributed by atoms with Gasteiger partial charge < -0.3 is 14.5 Å². The summed E-state index contributed by atoms with van der Waals surface area (Å²) in [6.07, 6.45) is 5.02. The van der Waals surface area contributed by atoms with E-state index in [1.807, 2.05) is 58.3 Å². The highest BCUT2D eigenvalue weighted by molar-refractivity contribution is 6.06. The highest BCUT2D eigenvalue weighted by Crippen LogP contribution is 2.31. The Morgan fingerprint density at radius 3 is 2.76 bits per heavy atom. The average Bonchev–Trinajstić information content (AvgIpc) is 3.07. The van der Waals surface area contributed by atoms with Gasteiger partial charge in [-0.05, 0) is 49.4 Å². The van der Waals surface area contributed by atoms with E-state index < -0.39 is 0 Å². The standard InChI is InChI=1S/C27H29N3O3/c31-25-19-33-27(20-30(25)17-12-21-7-2-1-3-8-21)13-6-16-29(18-14-27)26(32)23-9-4-11-24-22(23)10-5-15-28-24/h1-5,7-11,15H,6,12-14,16-20H2. The Morgan fingerprint density at radius 2 is 1.88 bits per heavy atom. The number of nitrogens with zero attached hydrogens (tertiary/aromatic N) is 3. The molecular formula is C27H29N3O3. The minimum absolute atomic E-state index is 0.0402. The minimum atomic E-state index is -0.375. The number of hydrogen-bond donors (Lipinski definition) is 0. The number of pyridine rings is 1. The second-order valence-electron chi connectivity index (χ2n) is 9.04. The summed E-state index contributed by atoms with van der Waals surface area (Å²) in [6.45, 7) is 2.73. The number of aromatic nitrogens is 1. The number of carbonyl (C=O) groups excluding carboxylic acids is 2. The number of benzene rings is 2. The molecule has 0 radical (unpaired) electrons. The van der Waals surface area contributed by atoms with Crippen molar-refractivity contribution in [3.8, 4) is 0 Å². The molecule has 0 saturated carbocycles. The lowest BCUT2D eigenvalue weighted by molar-refractivity contribution is -0.165. The van der Waals surface area contributed by atoms with Crippen molar-refractivity contribution in [2.75, 3.05) is 32.8 Å². The van der Waals surface area contributed by atoms with Gasteiger partial charge in [0.2, 0.25) is 5.91 Å². The molecule has 1 atom stereocenters. The molecule has 5 rings (SSSR count). The van der Waals surface area contributed by atoms with Crippen LogP contribution in [0.4, 0.5) is 0 Å². The normalized spacial score (nSPS) is 21.4. The van der Waals surface area contributed by atoms with E-state index in [0.717, 1.165) is 36.6 Å². The van der Waals surface area contributed by atoms with Crippen LogP contribution >= 0.6 is 0 Å². The molecular weight excluding hydrogens is 414 g/mol. The highest BCUT2D eigenvalue weighted by atomic mass is 16.5. The van der Waals surface area contributed by atoms with E-state index in [-0.39, 0.29) is 24.0 Å². The fourth-order valence-corrected chi connectivity index (χ4v) is 5.03. The Balaban J connectivity index is 1.27. The Morgan fingerprint density at radius 1 is 1.00 bits per heavy atom. The third-order valence-corrected chi connectivity index (χ3v) is 6.91. The lowest BCUT2D eigenvalue weighted by Gasteiger charge is -2.42. The van der Waals surface area contributed by atoms with E-state index >= 15 is 0 Å². The Bertz CT molecular complexity index is 1140. The Hall–Kier alpha value is -3.25. The van der Waals surface area contributed by atoms with Gasteiger partial charge in [0.15, 0.2) is 0 Å². The molecule has 1 spiro atoms. The number of fused-ring (bicyclic) bond motifs is 1. The van der Waals surface area contributed by atoms with Gasteiger partial charge in [0.1, 0.15) is 6.61 Å². The summed E-state index contributed by atoms with van der Waals surface area (Å²) in [5.41, 5.74) is 2.38. The molecule has 6 nitrogen and oxygen atoms in total. The topological polar surface area (TPSA) is 62.7 Å². The number of rotatable bonds is 4. The first-order valence-electron chi connectivity index (χ1n) is 11.7. The predicted octanol–water partition coefficient (Wildman–Crippen LogP) is 3.70. The quantitative estimate of drug-likeness (QED) is 0.617. The van der Waals surface area contributed by atoms with Crippen LogP contribution in [0.25, 0.3) is 10.9 Å². The summed E-state index contributed by atoms with van der Waals surface area (Å²) >= 11 is 0. The SMILES string of the molecule is O=C1COC2(CCCN(C(=O)c3cccc4ncccc34)CC2)CN1CCc1ccccc1. The van der Waals surface area contributed by atoms with Gasteiger partial charge >= 0.3 is 0 Å². The molecule has 3 heterocycles. The third kappa shape index (κ3) is 4.62. The Kier molecular flexibility index (Phi) is 6.09. The van der Waals surface area contributed by atoms with Crippen LogP contribution in [-0.4, -0.2) is 65.0 Å². The van der Waals surface area contributed by atoms with E-state index in [2.05, 4.69) is 17.1 Å². The molecule has 2 fully saturated rings. The van der Waals surface area contributed by atoms with Crippen molar-refractivity contribution in [2.24, 2.45) is 0 Å². The maximum Gasteiger partial charge on any atom is 0.254 e. The number of likely N-dealkylation sites (tertiary alicyclic amines) is 1. The first-order valence-corrected chi connectivity index (χ1v) is 11.7. The molecule has 170 valence electrons. The van der Waals surface area contributed by atoms with Gasteiger partial charge in [0.05, 0.1) is 11.1 Å². The zero-order valence-corrected chi connectivity index (χ0v) is 18.8. The van der Waals surface area contributed by atoms with E-state index in [9.17, 15) is 9.59 Å². The van der Waals surface area contributed by atoms with Gasteiger partial charge in [-0.15, -0.1) is 0 Å². The molecule has 33 heavy (non-hydrogen) atoms. The van der Waals surface area contributed by atoms with E-state index in [0.29, 0.717) is 31.7 Å². The zero-order valence-electron chi connectivity index (χ0n) is 18.8. The lowest BCUT2D eigenvalue weighted by atomic mass is 9.92. The van der Waals surface area contributed by atoms with Gasteiger partial charge in [-0.25, -0.2) is 0 Å². The molecule has 1 aromatic heterocycles. The van der Waals surface area contributed by atoms with Crippen molar-refractivity contribution in [1.29, 1.82) is 0 Å². The van der Waals surface area contributed by atoms with Crippen LogP contribution in [0.2, 0.25) is 0 Å². The van der Waals surface area contributed by atoms with Crippen LogP contribution in [0.3, 0.4) is 0 Å². The minimum Gasteiger partial charge on any atom is -0.363 e. The molecule has 0 N–H and O–H groups in total. The molecule has 2 amide bonds. The smallest absolute Gasteiger partial charge is 0.254 e. The Labute approximate surface area is 194 Å². The summed E-state index contributed by atoms with van der Waals surface area (Å²) < 4.78 is 6.15. The molecule has 3 aromatic rings.